The Balaban J connectivity index is 1.56. The maximum atomic E-state index is 12.5. The van der Waals surface area contributed by atoms with Crippen molar-refractivity contribution in [2.24, 2.45) is 0 Å². The summed E-state index contributed by atoms with van der Waals surface area (Å²) in [5.74, 6) is -0.937. The highest BCUT2D eigenvalue weighted by atomic mass is 16.6. The lowest BCUT2D eigenvalue weighted by Gasteiger charge is -2.28. The number of esters is 2. The Bertz CT molecular complexity index is 1140. The molecule has 2 aromatic rings. The van der Waals surface area contributed by atoms with Crippen molar-refractivity contribution in [1.29, 1.82) is 0 Å². The van der Waals surface area contributed by atoms with Crippen LogP contribution in [0.3, 0.4) is 0 Å². The van der Waals surface area contributed by atoms with Gasteiger partial charge in [-0.3, -0.25) is 20.2 Å². The summed E-state index contributed by atoms with van der Waals surface area (Å²) < 4.78 is 10.8. The van der Waals surface area contributed by atoms with Crippen LogP contribution in [-0.4, -0.2) is 33.5 Å². The van der Waals surface area contributed by atoms with Crippen molar-refractivity contribution in [1.82, 2.24) is 0 Å². The largest absolute Gasteiger partial charge is 0.459 e. The van der Waals surface area contributed by atoms with Crippen molar-refractivity contribution in [3.05, 3.63) is 85.5 Å². The van der Waals surface area contributed by atoms with Crippen LogP contribution in [0.25, 0.3) is 6.08 Å². The van der Waals surface area contributed by atoms with Gasteiger partial charge >= 0.3 is 11.9 Å². The molecule has 3 rings (SSSR count). The van der Waals surface area contributed by atoms with Gasteiger partial charge in [0, 0.05) is 18.2 Å². The summed E-state index contributed by atoms with van der Waals surface area (Å²) in [6.45, 7) is 5.43. The Morgan fingerprint density at radius 1 is 0.917 bits per heavy atom. The van der Waals surface area contributed by atoms with Crippen LogP contribution < -0.4 is 0 Å². The highest BCUT2D eigenvalue weighted by molar-refractivity contribution is 5.91. The molecule has 0 heterocycles. The maximum absolute atomic E-state index is 12.5. The molecule has 0 unspecified atom stereocenters. The van der Waals surface area contributed by atoms with Crippen molar-refractivity contribution < 1.29 is 28.9 Å². The third-order valence-corrected chi connectivity index (χ3v) is 5.73. The van der Waals surface area contributed by atoms with Crippen LogP contribution in [0.1, 0.15) is 73.9 Å². The number of nitrogens with zero attached hydrogens (tertiary/aromatic N) is 2. The smallest absolute Gasteiger partial charge is 0.338 e. The van der Waals surface area contributed by atoms with E-state index in [1.807, 2.05) is 45.0 Å². The Labute approximate surface area is 208 Å². The normalized spacial score (nSPS) is 18.0. The fourth-order valence-electron chi connectivity index (χ4n) is 4.04. The standard InChI is InChI=1S/C26H28N2O8/c1-26(2,3)36-24(29)13-6-17-4-7-18(8-5-17)19-9-11-23(12-10-19)35-25(30)20-14-21(27(31)32)16-22(15-20)28(33)34/h4-8,13-16,19,23H,9-12H2,1-3H3/b13-6+. The lowest BCUT2D eigenvalue weighted by molar-refractivity contribution is -0.394. The van der Waals surface area contributed by atoms with E-state index in [0.29, 0.717) is 12.8 Å². The quantitative estimate of drug-likeness (QED) is 0.205. The van der Waals surface area contributed by atoms with E-state index in [1.54, 1.807) is 6.08 Å². The number of nitro benzene ring substituents is 2. The molecule has 36 heavy (non-hydrogen) atoms. The number of benzene rings is 2. The zero-order valence-corrected chi connectivity index (χ0v) is 20.3. The zero-order chi connectivity index (χ0) is 26.5. The van der Waals surface area contributed by atoms with Gasteiger partial charge in [-0.2, -0.15) is 0 Å². The van der Waals surface area contributed by atoms with Crippen LogP contribution in [0.2, 0.25) is 0 Å². The second kappa shape index (κ2) is 11.1. The first-order chi connectivity index (χ1) is 16.9. The van der Waals surface area contributed by atoms with Crippen LogP contribution in [0, 0.1) is 20.2 Å². The second-order valence-corrected chi connectivity index (χ2v) is 9.66. The van der Waals surface area contributed by atoms with Crippen molar-refractivity contribution >= 4 is 29.4 Å². The van der Waals surface area contributed by atoms with E-state index < -0.39 is 38.8 Å². The molecule has 190 valence electrons. The van der Waals surface area contributed by atoms with Crippen LogP contribution in [0.4, 0.5) is 11.4 Å². The van der Waals surface area contributed by atoms with Gasteiger partial charge in [-0.15, -0.1) is 0 Å². The summed E-state index contributed by atoms with van der Waals surface area (Å²) in [4.78, 5) is 44.9. The molecular weight excluding hydrogens is 468 g/mol. The predicted octanol–water partition coefficient (Wildman–Crippen LogP) is 5.74. The molecule has 1 aliphatic rings. The minimum atomic E-state index is -0.814. The van der Waals surface area contributed by atoms with Gasteiger partial charge in [-0.25, -0.2) is 9.59 Å². The summed E-state index contributed by atoms with van der Waals surface area (Å²) in [5.41, 5.74) is 0.179. The van der Waals surface area contributed by atoms with Crippen molar-refractivity contribution in [2.45, 2.75) is 64.1 Å². The Kier molecular flexibility index (Phi) is 8.18. The van der Waals surface area contributed by atoms with Gasteiger partial charge in [-0.05, 0) is 69.6 Å². The third-order valence-electron chi connectivity index (χ3n) is 5.73. The van der Waals surface area contributed by atoms with Gasteiger partial charge in [0.1, 0.15) is 11.7 Å². The van der Waals surface area contributed by atoms with Crippen molar-refractivity contribution in [3.63, 3.8) is 0 Å². The van der Waals surface area contributed by atoms with Crippen LogP contribution in [0.15, 0.2) is 48.5 Å². The van der Waals surface area contributed by atoms with Crippen LogP contribution >= 0.6 is 0 Å². The van der Waals surface area contributed by atoms with Gasteiger partial charge < -0.3 is 9.47 Å². The average Bonchev–Trinajstić information content (AvgIpc) is 2.82. The fourth-order valence-corrected chi connectivity index (χ4v) is 4.04. The minimum Gasteiger partial charge on any atom is -0.459 e. The van der Waals surface area contributed by atoms with Crippen molar-refractivity contribution in [2.75, 3.05) is 0 Å². The lowest BCUT2D eigenvalue weighted by atomic mass is 9.82. The van der Waals surface area contributed by atoms with E-state index >= 15 is 0 Å². The molecule has 0 radical (unpaired) electrons. The van der Waals surface area contributed by atoms with E-state index in [0.717, 1.165) is 42.2 Å². The SMILES string of the molecule is CC(C)(C)OC(=O)/C=C/c1ccc(C2CCC(OC(=O)c3cc([N+](=O)[O-])cc([N+](=O)[O-])c3)CC2)cc1. The molecule has 0 N–H and O–H groups in total. The van der Waals surface area contributed by atoms with Crippen molar-refractivity contribution in [3.8, 4) is 0 Å². The highest BCUT2D eigenvalue weighted by Gasteiger charge is 2.27. The first-order valence-corrected chi connectivity index (χ1v) is 11.6. The molecule has 2 aromatic carbocycles. The van der Waals surface area contributed by atoms with Gasteiger partial charge in [0.15, 0.2) is 0 Å². The van der Waals surface area contributed by atoms with E-state index in [9.17, 15) is 29.8 Å². The van der Waals surface area contributed by atoms with Gasteiger partial charge in [0.05, 0.1) is 21.5 Å². The number of rotatable bonds is 7. The molecule has 0 atom stereocenters. The summed E-state index contributed by atoms with van der Waals surface area (Å²) in [5, 5.41) is 22.1. The summed E-state index contributed by atoms with van der Waals surface area (Å²) >= 11 is 0. The molecule has 0 aliphatic heterocycles. The number of hydrogen-bond acceptors (Lipinski definition) is 8. The highest BCUT2D eigenvalue weighted by Crippen LogP contribution is 2.35. The first-order valence-electron chi connectivity index (χ1n) is 11.6. The van der Waals surface area contributed by atoms with Gasteiger partial charge in [0.2, 0.25) is 0 Å². The Hall–Kier alpha value is -4.08. The van der Waals surface area contributed by atoms with Gasteiger partial charge in [-0.1, -0.05) is 24.3 Å². The van der Waals surface area contributed by atoms with E-state index in [2.05, 4.69) is 0 Å². The fraction of sp³-hybridized carbons (Fsp3) is 0.385. The number of carbonyl (C=O) groups excluding carboxylic acids is 2. The molecule has 10 heteroatoms. The summed E-state index contributed by atoms with van der Waals surface area (Å²) in [7, 11) is 0. The maximum Gasteiger partial charge on any atom is 0.338 e. The number of nitro groups is 2. The van der Waals surface area contributed by atoms with Crippen LogP contribution in [0.5, 0.6) is 0 Å². The lowest BCUT2D eigenvalue weighted by Crippen LogP contribution is -2.24. The second-order valence-electron chi connectivity index (χ2n) is 9.66. The number of carbonyl (C=O) groups is 2. The summed E-state index contributed by atoms with van der Waals surface area (Å²) in [6, 6.07) is 10.7. The zero-order valence-electron chi connectivity index (χ0n) is 20.3. The Morgan fingerprint density at radius 2 is 1.47 bits per heavy atom. The van der Waals surface area contributed by atoms with E-state index in [1.165, 1.54) is 6.08 Å². The molecule has 1 aliphatic carbocycles. The number of non-ortho nitro benzene ring substituents is 2. The average molecular weight is 497 g/mol. The van der Waals surface area contributed by atoms with Crippen LogP contribution in [-0.2, 0) is 14.3 Å². The van der Waals surface area contributed by atoms with E-state index in [-0.39, 0.29) is 17.6 Å². The molecular formula is C26H28N2O8. The Morgan fingerprint density at radius 3 is 1.97 bits per heavy atom. The third kappa shape index (κ3) is 7.46. The molecule has 0 bridgehead atoms. The molecule has 1 saturated carbocycles. The molecule has 0 amide bonds. The topological polar surface area (TPSA) is 139 Å². The molecule has 0 saturated heterocycles. The number of hydrogen-bond donors (Lipinski definition) is 0. The minimum absolute atomic E-state index is 0.215. The molecule has 10 nitrogen and oxygen atoms in total. The monoisotopic (exact) mass is 496 g/mol. The molecule has 0 spiro atoms. The van der Waals surface area contributed by atoms with Gasteiger partial charge in [0.25, 0.3) is 11.4 Å². The first kappa shape index (κ1) is 26.5. The number of ether oxygens (including phenoxy) is 2. The van der Waals surface area contributed by atoms with E-state index in [4.69, 9.17) is 9.47 Å². The predicted molar refractivity (Wildman–Crippen MR) is 131 cm³/mol. The summed E-state index contributed by atoms with van der Waals surface area (Å²) in [6.07, 6.45) is 5.49. The molecule has 1 fully saturated rings. The molecule has 0 aromatic heterocycles.